The maximum Gasteiger partial charge on any atom is 0.194 e. The Kier molecular flexibility index (Phi) is 10.5. The van der Waals surface area contributed by atoms with Gasteiger partial charge in [0, 0.05) is 50.5 Å². The number of rotatable bonds is 10. The normalized spacial score (nSPS) is 15.7. The first-order chi connectivity index (χ1) is 13.7. The Morgan fingerprint density at radius 3 is 2.71 bits per heavy atom. The van der Waals surface area contributed by atoms with Crippen molar-refractivity contribution in [1.82, 2.24) is 10.2 Å². The van der Waals surface area contributed by atoms with Crippen LogP contribution in [0.2, 0.25) is 5.02 Å². The van der Waals surface area contributed by atoms with Gasteiger partial charge in [-0.3, -0.25) is 0 Å². The van der Waals surface area contributed by atoms with Crippen molar-refractivity contribution in [3.63, 3.8) is 0 Å². The molecule has 1 aromatic rings. The van der Waals surface area contributed by atoms with Gasteiger partial charge in [0.1, 0.15) is 5.75 Å². The molecule has 0 bridgehead atoms. The lowest BCUT2D eigenvalue weighted by atomic mass is 10.1. The van der Waals surface area contributed by atoms with E-state index in [2.05, 4.69) is 17.1 Å². The number of hydrogen-bond donors (Lipinski definition) is 1. The summed E-state index contributed by atoms with van der Waals surface area (Å²) in [6.07, 6.45) is 3.31. The molecule has 158 valence electrons. The van der Waals surface area contributed by atoms with Crippen molar-refractivity contribution < 1.29 is 14.2 Å². The first-order valence-corrected chi connectivity index (χ1v) is 10.6. The van der Waals surface area contributed by atoms with E-state index < -0.39 is 0 Å². The number of hydrogen-bond acceptors (Lipinski definition) is 4. The predicted molar refractivity (Wildman–Crippen MR) is 114 cm³/mol. The molecule has 0 spiro atoms. The van der Waals surface area contributed by atoms with Crippen LogP contribution in [0.5, 0.6) is 5.75 Å². The largest absolute Gasteiger partial charge is 0.493 e. The molecule has 2 rings (SSSR count). The Morgan fingerprint density at radius 1 is 1.25 bits per heavy atom. The van der Waals surface area contributed by atoms with Gasteiger partial charge in [0.15, 0.2) is 5.96 Å². The quantitative estimate of drug-likeness (QED) is 0.361. The van der Waals surface area contributed by atoms with E-state index in [9.17, 15) is 0 Å². The molecule has 6 nitrogen and oxygen atoms in total. The first kappa shape index (κ1) is 22.8. The van der Waals surface area contributed by atoms with Crippen molar-refractivity contribution in [3.8, 4) is 5.75 Å². The summed E-state index contributed by atoms with van der Waals surface area (Å²) in [5, 5.41) is 4.09. The maximum atomic E-state index is 6.10. The first-order valence-electron chi connectivity index (χ1n) is 10.2. The van der Waals surface area contributed by atoms with Gasteiger partial charge in [0.05, 0.1) is 19.3 Å². The number of nitrogens with one attached hydrogen (secondary N) is 1. The van der Waals surface area contributed by atoms with Gasteiger partial charge in [-0.15, -0.1) is 0 Å². The molecular formula is C21H34ClN3O3. The Labute approximate surface area is 174 Å². The molecule has 7 heteroatoms. The van der Waals surface area contributed by atoms with E-state index in [0.29, 0.717) is 24.3 Å². The highest BCUT2D eigenvalue weighted by Crippen LogP contribution is 2.24. The fraction of sp³-hybridized carbons (Fsp3) is 0.667. The molecule has 0 atom stereocenters. The molecule has 0 unspecified atom stereocenters. The van der Waals surface area contributed by atoms with Crippen molar-refractivity contribution in [3.05, 3.63) is 28.8 Å². The third-order valence-corrected chi connectivity index (χ3v) is 4.89. The second-order valence-corrected chi connectivity index (χ2v) is 7.20. The SMILES string of the molecule is CCNC(=NCc1ccc(Cl)cc1OCC)N1CCC(OCCCOC)CC1. The number of guanidine groups is 1. The number of aliphatic imine (C=N–C) groups is 1. The highest BCUT2D eigenvalue weighted by Gasteiger charge is 2.22. The summed E-state index contributed by atoms with van der Waals surface area (Å²) in [4.78, 5) is 7.16. The second-order valence-electron chi connectivity index (χ2n) is 6.76. The van der Waals surface area contributed by atoms with Crippen LogP contribution in [0.1, 0.15) is 38.7 Å². The number of likely N-dealkylation sites (tertiary alicyclic amines) is 1. The number of piperidine rings is 1. The molecule has 1 N–H and O–H groups in total. The van der Waals surface area contributed by atoms with E-state index in [1.165, 1.54) is 0 Å². The number of ether oxygens (including phenoxy) is 3. The zero-order valence-corrected chi connectivity index (χ0v) is 18.1. The number of methoxy groups -OCH3 is 1. The van der Waals surface area contributed by atoms with Crippen LogP contribution in [0.25, 0.3) is 0 Å². The Bertz CT molecular complexity index is 605. The summed E-state index contributed by atoms with van der Waals surface area (Å²) in [6.45, 7) is 9.48. The van der Waals surface area contributed by atoms with Crippen LogP contribution in [0.15, 0.2) is 23.2 Å². The van der Waals surface area contributed by atoms with Crippen LogP contribution >= 0.6 is 11.6 Å². The monoisotopic (exact) mass is 411 g/mol. The molecule has 0 radical (unpaired) electrons. The van der Waals surface area contributed by atoms with E-state index in [1.54, 1.807) is 7.11 Å². The fourth-order valence-electron chi connectivity index (χ4n) is 3.22. The lowest BCUT2D eigenvalue weighted by Crippen LogP contribution is -2.47. The molecule has 1 fully saturated rings. The highest BCUT2D eigenvalue weighted by molar-refractivity contribution is 6.30. The summed E-state index contributed by atoms with van der Waals surface area (Å²) in [5.74, 6) is 1.75. The van der Waals surface area contributed by atoms with Crippen LogP contribution in [-0.2, 0) is 16.0 Å². The molecule has 1 aliphatic rings. The molecule has 0 aromatic heterocycles. The summed E-state index contributed by atoms with van der Waals surface area (Å²) < 4.78 is 16.7. The fourth-order valence-corrected chi connectivity index (χ4v) is 3.38. The van der Waals surface area contributed by atoms with E-state index in [1.807, 2.05) is 25.1 Å². The van der Waals surface area contributed by atoms with Gasteiger partial charge in [-0.1, -0.05) is 17.7 Å². The summed E-state index contributed by atoms with van der Waals surface area (Å²) in [5.41, 5.74) is 1.04. The van der Waals surface area contributed by atoms with Gasteiger partial charge in [-0.2, -0.15) is 0 Å². The average Bonchev–Trinajstić information content (AvgIpc) is 2.70. The van der Waals surface area contributed by atoms with Crippen LogP contribution in [0.4, 0.5) is 0 Å². The van der Waals surface area contributed by atoms with E-state index >= 15 is 0 Å². The smallest absolute Gasteiger partial charge is 0.194 e. The summed E-state index contributed by atoms with van der Waals surface area (Å²) >= 11 is 6.10. The second kappa shape index (κ2) is 12.9. The zero-order chi connectivity index (χ0) is 20.2. The Hall–Kier alpha value is -1.50. The summed E-state index contributed by atoms with van der Waals surface area (Å²) in [6, 6.07) is 5.73. The van der Waals surface area contributed by atoms with Gasteiger partial charge in [0.2, 0.25) is 0 Å². The van der Waals surface area contributed by atoms with Gasteiger partial charge in [-0.25, -0.2) is 4.99 Å². The minimum absolute atomic E-state index is 0.330. The summed E-state index contributed by atoms with van der Waals surface area (Å²) in [7, 11) is 1.72. The number of nitrogens with zero attached hydrogens (tertiary/aromatic N) is 2. The molecule has 0 amide bonds. The van der Waals surface area contributed by atoms with Gasteiger partial charge < -0.3 is 24.4 Å². The third kappa shape index (κ3) is 7.49. The van der Waals surface area contributed by atoms with Crippen LogP contribution in [0, 0.1) is 0 Å². The average molecular weight is 412 g/mol. The Morgan fingerprint density at radius 2 is 2.04 bits per heavy atom. The van der Waals surface area contributed by atoms with Crippen LogP contribution in [0.3, 0.4) is 0 Å². The number of benzene rings is 1. The standard InChI is InChI=1S/C21H34ClN3O3/c1-4-23-21(24-16-17-7-8-18(22)15-20(17)27-5-2)25-11-9-19(10-12-25)28-14-6-13-26-3/h7-8,15,19H,4-6,9-14,16H2,1-3H3,(H,23,24). The van der Waals surface area contributed by atoms with Crippen molar-refractivity contribution in [1.29, 1.82) is 0 Å². The van der Waals surface area contributed by atoms with Gasteiger partial charge >= 0.3 is 0 Å². The topological polar surface area (TPSA) is 55.3 Å². The minimum Gasteiger partial charge on any atom is -0.493 e. The predicted octanol–water partition coefficient (Wildman–Crippen LogP) is 3.72. The number of halogens is 1. The van der Waals surface area contributed by atoms with E-state index in [0.717, 1.165) is 69.4 Å². The molecule has 0 saturated carbocycles. The van der Waals surface area contributed by atoms with E-state index in [4.69, 9.17) is 30.8 Å². The molecule has 0 aliphatic carbocycles. The highest BCUT2D eigenvalue weighted by atomic mass is 35.5. The lowest BCUT2D eigenvalue weighted by Gasteiger charge is -2.34. The van der Waals surface area contributed by atoms with Crippen molar-refractivity contribution >= 4 is 17.6 Å². The van der Waals surface area contributed by atoms with Gasteiger partial charge in [-0.05, 0) is 45.2 Å². The van der Waals surface area contributed by atoms with E-state index in [-0.39, 0.29) is 0 Å². The maximum absolute atomic E-state index is 6.10. The van der Waals surface area contributed by atoms with Crippen LogP contribution in [-0.4, -0.2) is 63.5 Å². The van der Waals surface area contributed by atoms with Crippen LogP contribution < -0.4 is 10.1 Å². The molecule has 28 heavy (non-hydrogen) atoms. The Balaban J connectivity index is 1.93. The van der Waals surface area contributed by atoms with Crippen molar-refractivity contribution in [2.45, 2.75) is 45.8 Å². The molecule has 1 aliphatic heterocycles. The molecule has 1 saturated heterocycles. The molecule has 1 heterocycles. The molecular weight excluding hydrogens is 378 g/mol. The van der Waals surface area contributed by atoms with Crippen molar-refractivity contribution in [2.75, 3.05) is 46.6 Å². The molecule has 1 aromatic carbocycles. The zero-order valence-electron chi connectivity index (χ0n) is 17.4. The van der Waals surface area contributed by atoms with Gasteiger partial charge in [0.25, 0.3) is 0 Å². The third-order valence-electron chi connectivity index (χ3n) is 4.65. The lowest BCUT2D eigenvalue weighted by molar-refractivity contribution is 0.00990. The minimum atomic E-state index is 0.330. The van der Waals surface area contributed by atoms with Crippen molar-refractivity contribution in [2.24, 2.45) is 4.99 Å².